The molecule has 1 aromatic carbocycles. The van der Waals surface area contributed by atoms with Crippen molar-refractivity contribution < 1.29 is 5.11 Å². The van der Waals surface area contributed by atoms with Gasteiger partial charge in [0.25, 0.3) is 0 Å². The third-order valence-corrected chi connectivity index (χ3v) is 2.29. The second-order valence-electron chi connectivity index (χ2n) is 3.26. The van der Waals surface area contributed by atoms with E-state index < -0.39 is 5.72 Å². The van der Waals surface area contributed by atoms with E-state index in [9.17, 15) is 5.11 Å². The molecule has 3 heteroatoms. The van der Waals surface area contributed by atoms with Gasteiger partial charge in [-0.15, -0.1) is 0 Å². The SMILES string of the molecule is CCC(N)(O)Cc1ccc(Cl)cc1. The minimum absolute atomic E-state index is 0.459. The Morgan fingerprint density at radius 2 is 1.92 bits per heavy atom. The van der Waals surface area contributed by atoms with E-state index in [1.165, 1.54) is 0 Å². The highest BCUT2D eigenvalue weighted by Crippen LogP contribution is 2.14. The van der Waals surface area contributed by atoms with Gasteiger partial charge in [0.1, 0.15) is 5.72 Å². The van der Waals surface area contributed by atoms with Crippen molar-refractivity contribution in [2.75, 3.05) is 0 Å². The molecule has 0 bridgehead atoms. The van der Waals surface area contributed by atoms with Gasteiger partial charge in [0, 0.05) is 11.4 Å². The van der Waals surface area contributed by atoms with Crippen molar-refractivity contribution in [2.24, 2.45) is 5.73 Å². The quantitative estimate of drug-likeness (QED) is 0.731. The molecule has 1 atom stereocenters. The van der Waals surface area contributed by atoms with Gasteiger partial charge in [-0.3, -0.25) is 0 Å². The first-order chi connectivity index (χ1) is 6.03. The van der Waals surface area contributed by atoms with Crippen LogP contribution in [-0.2, 0) is 6.42 Å². The van der Waals surface area contributed by atoms with E-state index in [0.717, 1.165) is 5.56 Å². The van der Waals surface area contributed by atoms with Gasteiger partial charge < -0.3 is 10.8 Å². The van der Waals surface area contributed by atoms with Gasteiger partial charge in [-0.05, 0) is 24.1 Å². The van der Waals surface area contributed by atoms with Crippen molar-refractivity contribution >= 4 is 11.6 Å². The van der Waals surface area contributed by atoms with Crippen molar-refractivity contribution in [1.29, 1.82) is 0 Å². The summed E-state index contributed by atoms with van der Waals surface area (Å²) in [6, 6.07) is 7.33. The minimum Gasteiger partial charge on any atom is -0.376 e. The fourth-order valence-corrected chi connectivity index (χ4v) is 1.21. The van der Waals surface area contributed by atoms with E-state index >= 15 is 0 Å². The molecular formula is C10H14ClNO. The summed E-state index contributed by atoms with van der Waals surface area (Å²) in [6.07, 6.45) is 0.996. The van der Waals surface area contributed by atoms with Crippen molar-refractivity contribution in [3.05, 3.63) is 34.9 Å². The van der Waals surface area contributed by atoms with Crippen LogP contribution in [0.5, 0.6) is 0 Å². The molecular weight excluding hydrogens is 186 g/mol. The lowest BCUT2D eigenvalue weighted by Gasteiger charge is -2.20. The van der Waals surface area contributed by atoms with E-state index in [4.69, 9.17) is 17.3 Å². The molecule has 0 fully saturated rings. The number of rotatable bonds is 3. The highest BCUT2D eigenvalue weighted by molar-refractivity contribution is 6.30. The Labute approximate surface area is 83.3 Å². The fraction of sp³-hybridized carbons (Fsp3) is 0.400. The molecule has 0 saturated carbocycles. The molecule has 0 amide bonds. The summed E-state index contributed by atoms with van der Waals surface area (Å²) >= 11 is 5.72. The number of hydrogen-bond donors (Lipinski definition) is 2. The monoisotopic (exact) mass is 199 g/mol. The zero-order valence-electron chi connectivity index (χ0n) is 7.63. The van der Waals surface area contributed by atoms with Gasteiger partial charge in [0.05, 0.1) is 0 Å². The maximum Gasteiger partial charge on any atom is 0.117 e. The molecule has 2 nitrogen and oxygen atoms in total. The van der Waals surface area contributed by atoms with Crippen LogP contribution in [0.4, 0.5) is 0 Å². The third kappa shape index (κ3) is 3.35. The number of benzene rings is 1. The van der Waals surface area contributed by atoms with Crippen LogP contribution in [0.1, 0.15) is 18.9 Å². The number of nitrogens with two attached hydrogens (primary N) is 1. The summed E-state index contributed by atoms with van der Waals surface area (Å²) in [5.41, 5.74) is 5.50. The van der Waals surface area contributed by atoms with E-state index in [2.05, 4.69) is 0 Å². The van der Waals surface area contributed by atoms with Crippen molar-refractivity contribution in [1.82, 2.24) is 0 Å². The molecule has 0 aliphatic heterocycles. The Hall–Kier alpha value is -0.570. The molecule has 72 valence electrons. The second kappa shape index (κ2) is 4.09. The van der Waals surface area contributed by atoms with Crippen LogP contribution in [0.15, 0.2) is 24.3 Å². The zero-order valence-corrected chi connectivity index (χ0v) is 8.38. The zero-order chi connectivity index (χ0) is 9.90. The molecule has 0 aliphatic rings. The summed E-state index contributed by atoms with van der Waals surface area (Å²) < 4.78 is 0. The van der Waals surface area contributed by atoms with E-state index in [1.54, 1.807) is 12.1 Å². The molecule has 1 rings (SSSR count). The first kappa shape index (κ1) is 10.5. The molecule has 0 spiro atoms. The van der Waals surface area contributed by atoms with Crippen molar-refractivity contribution in [3.8, 4) is 0 Å². The number of aliphatic hydroxyl groups is 1. The van der Waals surface area contributed by atoms with Crippen LogP contribution in [0.3, 0.4) is 0 Å². The van der Waals surface area contributed by atoms with Gasteiger partial charge in [-0.2, -0.15) is 0 Å². The Kier molecular flexibility index (Phi) is 3.31. The first-order valence-electron chi connectivity index (χ1n) is 4.29. The summed E-state index contributed by atoms with van der Waals surface area (Å²) in [5, 5.41) is 10.3. The lowest BCUT2D eigenvalue weighted by molar-refractivity contribution is 0.0434. The molecule has 0 saturated heterocycles. The largest absolute Gasteiger partial charge is 0.376 e. The molecule has 0 aromatic heterocycles. The maximum absolute atomic E-state index is 9.59. The summed E-state index contributed by atoms with van der Waals surface area (Å²) in [7, 11) is 0. The third-order valence-electron chi connectivity index (χ3n) is 2.04. The molecule has 0 heterocycles. The Balaban J connectivity index is 2.69. The Morgan fingerprint density at radius 1 is 1.38 bits per heavy atom. The van der Waals surface area contributed by atoms with Crippen LogP contribution >= 0.6 is 11.6 Å². The topological polar surface area (TPSA) is 46.2 Å². The van der Waals surface area contributed by atoms with Crippen molar-refractivity contribution in [2.45, 2.75) is 25.5 Å². The van der Waals surface area contributed by atoms with Gasteiger partial charge in [-0.1, -0.05) is 30.7 Å². The molecule has 0 radical (unpaired) electrons. The molecule has 1 aromatic rings. The van der Waals surface area contributed by atoms with Gasteiger partial charge in [0.15, 0.2) is 0 Å². The molecule has 1 unspecified atom stereocenters. The van der Waals surface area contributed by atoms with Crippen LogP contribution < -0.4 is 5.73 Å². The number of hydrogen-bond acceptors (Lipinski definition) is 2. The number of halogens is 1. The lowest BCUT2D eigenvalue weighted by atomic mass is 10.0. The predicted octanol–water partition coefficient (Wildman–Crippen LogP) is 1.94. The lowest BCUT2D eigenvalue weighted by Crippen LogP contribution is -2.40. The Bertz CT molecular complexity index is 269. The van der Waals surface area contributed by atoms with Crippen LogP contribution in [0.2, 0.25) is 5.02 Å². The first-order valence-corrected chi connectivity index (χ1v) is 4.67. The van der Waals surface area contributed by atoms with Crippen LogP contribution in [-0.4, -0.2) is 10.8 Å². The summed E-state index contributed by atoms with van der Waals surface area (Å²) in [5.74, 6) is 0. The molecule has 3 N–H and O–H groups in total. The average Bonchev–Trinajstić information content (AvgIpc) is 2.09. The molecule has 0 aliphatic carbocycles. The Morgan fingerprint density at radius 3 is 2.38 bits per heavy atom. The fourth-order valence-electron chi connectivity index (χ4n) is 1.08. The normalized spacial score (nSPS) is 15.4. The van der Waals surface area contributed by atoms with E-state index in [-0.39, 0.29) is 0 Å². The van der Waals surface area contributed by atoms with Crippen molar-refractivity contribution in [3.63, 3.8) is 0 Å². The maximum atomic E-state index is 9.59. The standard InChI is InChI=1S/C10H14ClNO/c1-2-10(12,13)7-8-3-5-9(11)6-4-8/h3-6,13H,2,7,12H2,1H3. The van der Waals surface area contributed by atoms with Crippen LogP contribution in [0.25, 0.3) is 0 Å². The smallest absolute Gasteiger partial charge is 0.117 e. The average molecular weight is 200 g/mol. The highest BCUT2D eigenvalue weighted by Gasteiger charge is 2.18. The summed E-state index contributed by atoms with van der Waals surface area (Å²) in [6.45, 7) is 1.86. The second-order valence-corrected chi connectivity index (χ2v) is 3.70. The van der Waals surface area contributed by atoms with Gasteiger partial charge >= 0.3 is 0 Å². The van der Waals surface area contributed by atoms with E-state index in [1.807, 2.05) is 19.1 Å². The molecule has 13 heavy (non-hydrogen) atoms. The predicted molar refractivity (Wildman–Crippen MR) is 54.6 cm³/mol. The highest BCUT2D eigenvalue weighted by atomic mass is 35.5. The van der Waals surface area contributed by atoms with Gasteiger partial charge in [0.2, 0.25) is 0 Å². The van der Waals surface area contributed by atoms with Gasteiger partial charge in [-0.25, -0.2) is 0 Å². The summed E-state index contributed by atoms with van der Waals surface area (Å²) in [4.78, 5) is 0. The van der Waals surface area contributed by atoms with E-state index in [0.29, 0.717) is 17.9 Å². The minimum atomic E-state index is -1.10. The van der Waals surface area contributed by atoms with Crippen LogP contribution in [0, 0.1) is 0 Å².